The van der Waals surface area contributed by atoms with Crippen molar-refractivity contribution in [3.05, 3.63) is 40.5 Å². The Morgan fingerprint density at radius 2 is 1.73 bits per heavy atom. The minimum atomic E-state index is -3.47. The number of ketones is 1. The average Bonchev–Trinajstić information content (AvgIpc) is 3.22. The first-order valence-corrected chi connectivity index (χ1v) is 12.9. The Kier molecular flexibility index (Phi) is 4.29. The molecule has 1 aromatic rings. The highest BCUT2D eigenvalue weighted by molar-refractivity contribution is 7.89. The lowest BCUT2D eigenvalue weighted by atomic mass is 9.70. The van der Waals surface area contributed by atoms with Crippen LogP contribution in [0.2, 0.25) is 0 Å². The zero-order chi connectivity index (χ0) is 21.5. The smallest absolute Gasteiger partial charge is 0.215 e. The van der Waals surface area contributed by atoms with E-state index in [4.69, 9.17) is 0 Å². The topological polar surface area (TPSA) is 54.5 Å². The third-order valence-electron chi connectivity index (χ3n) is 9.31. The highest BCUT2D eigenvalue weighted by Gasteiger charge is 2.65. The molecule has 0 amide bonds. The summed E-state index contributed by atoms with van der Waals surface area (Å²) in [6.45, 7) is 9.61. The Hall–Kier alpha value is -1.46. The van der Waals surface area contributed by atoms with Gasteiger partial charge in [-0.05, 0) is 73.1 Å². The first-order chi connectivity index (χ1) is 14.0. The molecule has 1 aromatic carbocycles. The zero-order valence-electron chi connectivity index (χ0n) is 18.6. The van der Waals surface area contributed by atoms with Gasteiger partial charge in [-0.3, -0.25) is 4.79 Å². The van der Waals surface area contributed by atoms with E-state index in [-0.39, 0.29) is 22.4 Å². The van der Waals surface area contributed by atoms with Crippen LogP contribution in [0.4, 0.5) is 0 Å². The van der Waals surface area contributed by atoms with E-state index < -0.39 is 15.4 Å². The molecular formula is C25H33NO3S. The van der Waals surface area contributed by atoms with E-state index in [1.165, 1.54) is 22.3 Å². The quantitative estimate of drug-likeness (QED) is 0.719. The molecule has 2 bridgehead atoms. The van der Waals surface area contributed by atoms with Gasteiger partial charge in [0.05, 0.1) is 5.75 Å². The number of Topliss-reactive ketones (excluding diaryl/α,β-unsaturated/α-hetero) is 1. The van der Waals surface area contributed by atoms with Crippen molar-refractivity contribution in [2.75, 3.05) is 18.8 Å². The molecule has 0 radical (unpaired) electrons. The SMILES string of the molecule is Cc1ccc(C)c2c1C=CC21CCN(S(=O)(=O)C[C@]23CC[C@H](CC2=O)C3(C)C)CC1. The number of nitrogens with zero attached hydrogens (tertiary/aromatic N) is 1. The molecule has 1 saturated heterocycles. The van der Waals surface area contributed by atoms with Crippen LogP contribution in [0.3, 0.4) is 0 Å². The van der Waals surface area contributed by atoms with Gasteiger partial charge in [-0.2, -0.15) is 0 Å². The molecule has 5 rings (SSSR count). The van der Waals surface area contributed by atoms with Crippen molar-refractivity contribution in [1.82, 2.24) is 4.31 Å². The predicted molar refractivity (Wildman–Crippen MR) is 120 cm³/mol. The summed E-state index contributed by atoms with van der Waals surface area (Å²) in [5, 5.41) is 0. The van der Waals surface area contributed by atoms with Crippen LogP contribution < -0.4 is 0 Å². The third kappa shape index (κ3) is 2.54. The number of carbonyl (C=O) groups excluding carboxylic acids is 1. The largest absolute Gasteiger partial charge is 0.299 e. The number of allylic oxidation sites excluding steroid dienone is 1. The minimum absolute atomic E-state index is 0.000104. The molecule has 5 heteroatoms. The lowest BCUT2D eigenvalue weighted by Crippen LogP contribution is -2.50. The third-order valence-corrected chi connectivity index (χ3v) is 11.3. The number of fused-ring (bicyclic) bond motifs is 4. The molecule has 3 fully saturated rings. The van der Waals surface area contributed by atoms with Crippen molar-refractivity contribution in [3.63, 3.8) is 0 Å². The molecule has 1 heterocycles. The number of piperidine rings is 1. The van der Waals surface area contributed by atoms with E-state index in [9.17, 15) is 13.2 Å². The highest BCUT2D eigenvalue weighted by atomic mass is 32.2. The number of carbonyl (C=O) groups is 1. The summed E-state index contributed by atoms with van der Waals surface area (Å²) in [5.74, 6) is 0.524. The molecule has 4 aliphatic rings. The maximum Gasteiger partial charge on any atom is 0.215 e. The maximum atomic E-state index is 13.5. The number of benzene rings is 1. The van der Waals surface area contributed by atoms with E-state index in [0.29, 0.717) is 25.4 Å². The first kappa shape index (κ1) is 20.4. The van der Waals surface area contributed by atoms with Gasteiger partial charge in [-0.1, -0.05) is 38.1 Å². The summed E-state index contributed by atoms with van der Waals surface area (Å²) < 4.78 is 28.6. The molecular weight excluding hydrogens is 394 g/mol. The number of hydrogen-bond acceptors (Lipinski definition) is 3. The Morgan fingerprint density at radius 3 is 2.33 bits per heavy atom. The Labute approximate surface area is 180 Å². The Bertz CT molecular complexity index is 1060. The molecule has 0 aromatic heterocycles. The lowest BCUT2D eigenvalue weighted by Gasteiger charge is -2.42. The summed E-state index contributed by atoms with van der Waals surface area (Å²) in [4.78, 5) is 12.9. The second kappa shape index (κ2) is 6.29. The summed E-state index contributed by atoms with van der Waals surface area (Å²) in [6.07, 6.45) is 8.45. The minimum Gasteiger partial charge on any atom is -0.299 e. The van der Waals surface area contributed by atoms with E-state index in [0.717, 1.165) is 25.7 Å². The van der Waals surface area contributed by atoms with Crippen molar-refractivity contribution < 1.29 is 13.2 Å². The van der Waals surface area contributed by atoms with E-state index in [2.05, 4.69) is 52.0 Å². The van der Waals surface area contributed by atoms with Crippen molar-refractivity contribution in [2.24, 2.45) is 16.7 Å². The van der Waals surface area contributed by atoms with Crippen LogP contribution in [-0.4, -0.2) is 37.3 Å². The van der Waals surface area contributed by atoms with Crippen LogP contribution in [0.5, 0.6) is 0 Å². The molecule has 4 nitrogen and oxygen atoms in total. The molecule has 1 aliphatic heterocycles. The summed E-state index contributed by atoms with van der Waals surface area (Å²) in [6, 6.07) is 4.36. The van der Waals surface area contributed by atoms with Crippen LogP contribution in [0.1, 0.15) is 68.2 Å². The van der Waals surface area contributed by atoms with Gasteiger partial charge in [0.2, 0.25) is 10.0 Å². The fourth-order valence-electron chi connectivity index (χ4n) is 7.13. The molecule has 2 saturated carbocycles. The highest BCUT2D eigenvalue weighted by Crippen LogP contribution is 2.64. The van der Waals surface area contributed by atoms with Gasteiger partial charge in [0.1, 0.15) is 5.78 Å². The van der Waals surface area contributed by atoms with Gasteiger partial charge < -0.3 is 0 Å². The molecule has 1 spiro atoms. The van der Waals surface area contributed by atoms with Gasteiger partial charge in [-0.25, -0.2) is 12.7 Å². The van der Waals surface area contributed by atoms with Crippen LogP contribution in [0.25, 0.3) is 6.08 Å². The molecule has 162 valence electrons. The summed E-state index contributed by atoms with van der Waals surface area (Å²) in [7, 11) is -3.47. The standard InChI is InChI=1S/C25H33NO3S/c1-17-5-6-18(2)22-20(17)8-9-24(22)11-13-26(14-12-24)30(28,29)16-25-10-7-19(15-21(25)27)23(25,3)4/h5-6,8-9,19H,7,10-16H2,1-4H3/t19-,25-/m1/s1. The fourth-order valence-corrected chi connectivity index (χ4v) is 9.35. The monoisotopic (exact) mass is 427 g/mol. The van der Waals surface area contributed by atoms with Gasteiger partial charge in [0.25, 0.3) is 0 Å². The van der Waals surface area contributed by atoms with Crippen LogP contribution in [-0.2, 0) is 20.2 Å². The predicted octanol–water partition coefficient (Wildman–Crippen LogP) is 4.39. The van der Waals surface area contributed by atoms with Crippen molar-refractivity contribution >= 4 is 21.9 Å². The van der Waals surface area contributed by atoms with Crippen LogP contribution >= 0.6 is 0 Å². The summed E-state index contributed by atoms with van der Waals surface area (Å²) in [5.41, 5.74) is 4.36. The van der Waals surface area contributed by atoms with Crippen molar-refractivity contribution in [1.29, 1.82) is 0 Å². The van der Waals surface area contributed by atoms with E-state index in [1.54, 1.807) is 4.31 Å². The number of rotatable bonds is 3. The van der Waals surface area contributed by atoms with Gasteiger partial charge in [0, 0.05) is 30.3 Å². The van der Waals surface area contributed by atoms with Crippen LogP contribution in [0.15, 0.2) is 18.2 Å². The molecule has 30 heavy (non-hydrogen) atoms. The molecule has 0 N–H and O–H groups in total. The van der Waals surface area contributed by atoms with E-state index >= 15 is 0 Å². The number of sulfonamides is 1. The van der Waals surface area contributed by atoms with E-state index in [1.807, 2.05) is 0 Å². The van der Waals surface area contributed by atoms with Gasteiger partial charge in [0.15, 0.2) is 0 Å². The van der Waals surface area contributed by atoms with Crippen molar-refractivity contribution in [2.45, 2.75) is 65.2 Å². The van der Waals surface area contributed by atoms with Crippen molar-refractivity contribution in [3.8, 4) is 0 Å². The second-order valence-electron chi connectivity index (χ2n) is 10.8. The number of aryl methyl sites for hydroxylation is 2. The molecule has 2 atom stereocenters. The Balaban J connectivity index is 1.38. The van der Waals surface area contributed by atoms with Gasteiger partial charge >= 0.3 is 0 Å². The lowest BCUT2D eigenvalue weighted by molar-refractivity contribution is -0.128. The normalized spacial score (nSPS) is 31.6. The average molecular weight is 428 g/mol. The first-order valence-electron chi connectivity index (χ1n) is 11.3. The zero-order valence-corrected chi connectivity index (χ0v) is 19.4. The molecule has 0 unspecified atom stereocenters. The summed E-state index contributed by atoms with van der Waals surface area (Å²) >= 11 is 0. The fraction of sp³-hybridized carbons (Fsp3) is 0.640. The Morgan fingerprint density at radius 1 is 1.07 bits per heavy atom. The second-order valence-corrected chi connectivity index (χ2v) is 12.8. The maximum absolute atomic E-state index is 13.5. The van der Waals surface area contributed by atoms with Crippen LogP contribution in [0, 0.1) is 30.6 Å². The number of hydrogen-bond donors (Lipinski definition) is 0. The van der Waals surface area contributed by atoms with Gasteiger partial charge in [-0.15, -0.1) is 0 Å². The molecule has 3 aliphatic carbocycles.